The molecular formula is C29H30F5N7O. The van der Waals surface area contributed by atoms with Crippen molar-refractivity contribution in [2.45, 2.75) is 58.3 Å². The average molecular weight is 588 g/mol. The van der Waals surface area contributed by atoms with Gasteiger partial charge in [-0.1, -0.05) is 0 Å². The minimum absolute atomic E-state index is 0.0457. The first-order chi connectivity index (χ1) is 19.9. The molecule has 0 saturated carbocycles. The zero-order valence-corrected chi connectivity index (χ0v) is 23.3. The normalized spacial score (nSPS) is 16.1. The maximum atomic E-state index is 15.0. The van der Waals surface area contributed by atoms with Gasteiger partial charge in [0.2, 0.25) is 11.9 Å². The molecule has 4 aromatic rings. The molecule has 2 N–H and O–H groups in total. The quantitative estimate of drug-likeness (QED) is 0.231. The number of nitrogens with one attached hydrogen (secondary N) is 2. The Morgan fingerprint density at radius 3 is 2.52 bits per heavy atom. The van der Waals surface area contributed by atoms with Crippen LogP contribution in [0.2, 0.25) is 0 Å². The Morgan fingerprint density at radius 1 is 1.07 bits per heavy atom. The second kappa shape index (κ2) is 11.6. The van der Waals surface area contributed by atoms with E-state index in [1.54, 1.807) is 24.3 Å². The number of carbonyl (C=O) groups excluding carboxylic acids is 1. The number of carbonyl (C=O) groups is 1. The van der Waals surface area contributed by atoms with Gasteiger partial charge >= 0.3 is 6.18 Å². The fourth-order valence-electron chi connectivity index (χ4n) is 5.30. The van der Waals surface area contributed by atoms with E-state index >= 15 is 4.39 Å². The van der Waals surface area contributed by atoms with E-state index in [0.29, 0.717) is 35.4 Å². The highest BCUT2D eigenvalue weighted by Gasteiger charge is 2.30. The summed E-state index contributed by atoms with van der Waals surface area (Å²) in [5.74, 6) is -1.03. The van der Waals surface area contributed by atoms with Gasteiger partial charge in [-0.3, -0.25) is 4.79 Å². The van der Waals surface area contributed by atoms with Crippen molar-refractivity contribution >= 4 is 34.3 Å². The number of hydrogen-bond donors (Lipinski definition) is 2. The number of alkyl halides is 3. The molecule has 1 aromatic carbocycles. The van der Waals surface area contributed by atoms with Crippen LogP contribution >= 0.6 is 0 Å². The molecule has 222 valence electrons. The van der Waals surface area contributed by atoms with E-state index in [9.17, 15) is 22.4 Å². The molecule has 5 rings (SSSR count). The van der Waals surface area contributed by atoms with E-state index in [1.165, 1.54) is 17.2 Å². The second-order valence-corrected chi connectivity index (χ2v) is 10.6. The monoisotopic (exact) mass is 587 g/mol. The largest absolute Gasteiger partial charge is 0.390 e. The fraction of sp³-hybridized carbons (Fsp3) is 0.379. The van der Waals surface area contributed by atoms with E-state index in [-0.39, 0.29) is 48.2 Å². The van der Waals surface area contributed by atoms with Gasteiger partial charge in [0.15, 0.2) is 5.82 Å². The summed E-state index contributed by atoms with van der Waals surface area (Å²) in [4.78, 5) is 26.8. The molecule has 1 unspecified atom stereocenters. The van der Waals surface area contributed by atoms with E-state index in [0.717, 1.165) is 11.9 Å². The molecule has 4 heterocycles. The third kappa shape index (κ3) is 6.35. The second-order valence-electron chi connectivity index (χ2n) is 10.6. The van der Waals surface area contributed by atoms with Crippen molar-refractivity contribution in [3.63, 3.8) is 0 Å². The lowest BCUT2D eigenvalue weighted by atomic mass is 10.0. The number of nitrogens with zero attached hydrogens (tertiary/aromatic N) is 5. The van der Waals surface area contributed by atoms with Crippen LogP contribution in [0.3, 0.4) is 0 Å². The smallest absolute Gasteiger partial charge is 0.342 e. The maximum absolute atomic E-state index is 15.0. The van der Waals surface area contributed by atoms with Gasteiger partial charge in [-0.15, -0.1) is 0 Å². The summed E-state index contributed by atoms with van der Waals surface area (Å²) in [6.07, 6.45) is -2.13. The third-order valence-electron chi connectivity index (χ3n) is 7.20. The van der Waals surface area contributed by atoms with E-state index in [4.69, 9.17) is 0 Å². The number of hydrogen-bond acceptors (Lipinski definition) is 6. The third-order valence-corrected chi connectivity index (χ3v) is 7.20. The molecule has 0 bridgehead atoms. The van der Waals surface area contributed by atoms with Crippen LogP contribution in [0.4, 0.5) is 39.4 Å². The Balaban J connectivity index is 1.29. The van der Waals surface area contributed by atoms with Crippen LogP contribution in [0.1, 0.15) is 44.8 Å². The molecule has 0 radical (unpaired) electrons. The van der Waals surface area contributed by atoms with Crippen molar-refractivity contribution < 1.29 is 26.7 Å². The maximum Gasteiger partial charge on any atom is 0.390 e. The van der Waals surface area contributed by atoms with Crippen molar-refractivity contribution in [2.24, 2.45) is 0 Å². The minimum atomic E-state index is -4.24. The van der Waals surface area contributed by atoms with E-state index in [1.807, 2.05) is 25.3 Å². The SMILES string of the molecule is Cc1cc2c(F)cc(-c3nc(Nc4ccc(N5CCC(NCCC(F)(F)F)CC5=O)cn4)ncc3F)cc2n1C(C)C. The molecule has 8 nitrogen and oxygen atoms in total. The zero-order chi connectivity index (χ0) is 30.2. The number of aryl methyl sites for hydroxylation is 1. The first-order valence-corrected chi connectivity index (χ1v) is 13.6. The summed E-state index contributed by atoms with van der Waals surface area (Å²) in [7, 11) is 0. The number of benzene rings is 1. The topological polar surface area (TPSA) is 88.0 Å². The van der Waals surface area contributed by atoms with Gasteiger partial charge in [-0.2, -0.15) is 13.2 Å². The fourth-order valence-corrected chi connectivity index (χ4v) is 5.30. The molecule has 1 atom stereocenters. The number of rotatable bonds is 8. The lowest BCUT2D eigenvalue weighted by molar-refractivity contribution is -0.133. The summed E-state index contributed by atoms with van der Waals surface area (Å²) in [5.41, 5.74) is 2.25. The van der Waals surface area contributed by atoms with Crippen LogP contribution in [-0.2, 0) is 4.79 Å². The number of halogens is 5. The minimum Gasteiger partial charge on any atom is -0.342 e. The zero-order valence-electron chi connectivity index (χ0n) is 23.3. The van der Waals surface area contributed by atoms with Gasteiger partial charge in [0.1, 0.15) is 17.3 Å². The Labute approximate surface area is 239 Å². The average Bonchev–Trinajstić information content (AvgIpc) is 3.26. The molecule has 42 heavy (non-hydrogen) atoms. The Hall–Kier alpha value is -4.13. The first kappa shape index (κ1) is 29.4. The molecule has 13 heteroatoms. The van der Waals surface area contributed by atoms with E-state index in [2.05, 4.69) is 25.6 Å². The van der Waals surface area contributed by atoms with E-state index < -0.39 is 24.2 Å². The lowest BCUT2D eigenvalue weighted by Gasteiger charge is -2.32. The van der Waals surface area contributed by atoms with Crippen LogP contribution in [0.25, 0.3) is 22.2 Å². The molecule has 1 fully saturated rings. The number of amides is 1. The summed E-state index contributed by atoms with van der Waals surface area (Å²) < 4.78 is 69.0. The standard InChI is InChI=1S/C29H30F5N7O/c1-16(2)41-17(3)10-21-22(30)11-18(12-24(21)41)27-23(31)15-37-28(39-27)38-25-5-4-20(14-36-25)40-9-6-19(13-26(40)42)35-8-7-29(32,33)34/h4-5,10-12,14-16,19,35H,6-9,13H2,1-3H3,(H,36,37,38,39). The molecule has 1 aliphatic heterocycles. The molecule has 0 aliphatic carbocycles. The molecule has 1 aliphatic rings. The highest BCUT2D eigenvalue weighted by atomic mass is 19.4. The first-order valence-electron chi connectivity index (χ1n) is 13.6. The van der Waals surface area contributed by atoms with Gasteiger partial charge in [0.05, 0.1) is 30.0 Å². The van der Waals surface area contributed by atoms with Crippen molar-refractivity contribution in [1.29, 1.82) is 0 Å². The van der Waals surface area contributed by atoms with Crippen LogP contribution in [-0.4, -0.2) is 50.7 Å². The predicted octanol–water partition coefficient (Wildman–Crippen LogP) is 6.44. The predicted molar refractivity (Wildman–Crippen MR) is 150 cm³/mol. The van der Waals surface area contributed by atoms with Crippen molar-refractivity contribution in [3.05, 3.63) is 60.1 Å². The Morgan fingerprint density at radius 2 is 1.86 bits per heavy atom. The van der Waals surface area contributed by atoms with Crippen molar-refractivity contribution in [3.8, 4) is 11.3 Å². The molecule has 1 amide bonds. The Bertz CT molecular complexity index is 1600. The van der Waals surface area contributed by atoms with Gasteiger partial charge in [0.25, 0.3) is 0 Å². The van der Waals surface area contributed by atoms with Crippen LogP contribution in [0.5, 0.6) is 0 Å². The van der Waals surface area contributed by atoms with Gasteiger partial charge in [-0.05, 0) is 57.5 Å². The van der Waals surface area contributed by atoms with Crippen LogP contribution in [0.15, 0.2) is 42.7 Å². The summed E-state index contributed by atoms with van der Waals surface area (Å²) in [6.45, 7) is 5.97. The summed E-state index contributed by atoms with van der Waals surface area (Å²) in [6, 6.07) is 7.75. The van der Waals surface area contributed by atoms with Gasteiger partial charge in [-0.25, -0.2) is 23.7 Å². The number of aromatic nitrogens is 4. The number of fused-ring (bicyclic) bond motifs is 1. The number of pyridine rings is 1. The number of anilines is 3. The molecular weight excluding hydrogens is 557 g/mol. The Kier molecular flexibility index (Phi) is 8.13. The summed E-state index contributed by atoms with van der Waals surface area (Å²) >= 11 is 0. The highest BCUT2D eigenvalue weighted by Crippen LogP contribution is 2.32. The summed E-state index contributed by atoms with van der Waals surface area (Å²) in [5, 5.41) is 6.15. The van der Waals surface area contributed by atoms with Crippen LogP contribution in [0, 0.1) is 18.6 Å². The molecule has 3 aromatic heterocycles. The van der Waals surface area contributed by atoms with Gasteiger partial charge < -0.3 is 20.1 Å². The van der Waals surface area contributed by atoms with Crippen LogP contribution < -0.4 is 15.5 Å². The number of piperidine rings is 1. The highest BCUT2D eigenvalue weighted by molar-refractivity contribution is 5.94. The van der Waals surface area contributed by atoms with Crippen molar-refractivity contribution in [2.75, 3.05) is 23.3 Å². The van der Waals surface area contributed by atoms with Crippen molar-refractivity contribution in [1.82, 2.24) is 24.8 Å². The molecule has 1 saturated heterocycles. The molecule has 0 spiro atoms. The van der Waals surface area contributed by atoms with Gasteiger partial charge in [0, 0.05) is 48.2 Å². The lowest BCUT2D eigenvalue weighted by Crippen LogP contribution is -2.46.